The van der Waals surface area contributed by atoms with Crippen molar-refractivity contribution in [2.45, 2.75) is 32.9 Å². The van der Waals surface area contributed by atoms with E-state index in [1.165, 1.54) is 0 Å². The van der Waals surface area contributed by atoms with Crippen LogP contribution in [0.25, 0.3) is 0 Å². The highest BCUT2D eigenvalue weighted by molar-refractivity contribution is 5.82. The second-order valence-corrected chi connectivity index (χ2v) is 5.14. The average Bonchev–Trinajstić information content (AvgIpc) is 2.53. The molecule has 0 aromatic carbocycles. The Morgan fingerprint density at radius 1 is 1.26 bits per heavy atom. The molecule has 4 N–H and O–H groups in total. The van der Waals surface area contributed by atoms with Gasteiger partial charge < -0.3 is 16.4 Å². The van der Waals surface area contributed by atoms with Crippen molar-refractivity contribution in [2.24, 2.45) is 11.1 Å². The zero-order chi connectivity index (χ0) is 17.5. The van der Waals surface area contributed by atoms with Crippen molar-refractivity contribution in [3.05, 3.63) is 18.0 Å². The van der Waals surface area contributed by atoms with E-state index in [2.05, 4.69) is 20.6 Å². The van der Waals surface area contributed by atoms with Gasteiger partial charge in [-0.05, 0) is 18.9 Å². The van der Waals surface area contributed by atoms with Gasteiger partial charge in [0.05, 0.1) is 5.41 Å². The third kappa shape index (κ3) is 5.05. The Morgan fingerprint density at radius 2 is 1.91 bits per heavy atom. The number of rotatable bonds is 8. The number of nitrogens with two attached hydrogens (primary N) is 1. The number of aromatic nitrogens is 2. The lowest BCUT2D eigenvalue weighted by Crippen LogP contribution is -2.46. The highest BCUT2D eigenvalue weighted by atomic mass is 19.4. The second-order valence-electron chi connectivity index (χ2n) is 5.14. The molecule has 0 atom stereocenters. The molecule has 1 aromatic rings. The smallest absolute Gasteiger partial charge is 0.354 e. The Balaban J connectivity index is 2.51. The van der Waals surface area contributed by atoms with Crippen molar-refractivity contribution in [1.82, 2.24) is 15.3 Å². The maximum Gasteiger partial charge on any atom is 0.433 e. The van der Waals surface area contributed by atoms with Crippen LogP contribution in [0.3, 0.4) is 0 Å². The number of carbonyl (C=O) groups is 1. The highest BCUT2D eigenvalue weighted by Crippen LogP contribution is 2.27. The molecule has 0 saturated heterocycles. The number of halogens is 3. The van der Waals surface area contributed by atoms with Gasteiger partial charge in [0.15, 0.2) is 0 Å². The molecule has 1 aromatic heterocycles. The molecular formula is C14H22F3N5O. The number of alkyl halides is 3. The van der Waals surface area contributed by atoms with Crippen LogP contribution in [0, 0.1) is 5.41 Å². The number of nitrogens with zero attached hydrogens (tertiary/aromatic N) is 2. The van der Waals surface area contributed by atoms with Crippen molar-refractivity contribution in [3.8, 4) is 0 Å². The first-order chi connectivity index (χ1) is 10.8. The van der Waals surface area contributed by atoms with Gasteiger partial charge in [-0.25, -0.2) is 9.97 Å². The summed E-state index contributed by atoms with van der Waals surface area (Å²) in [6.45, 7) is 4.48. The van der Waals surface area contributed by atoms with Crippen LogP contribution in [0.4, 0.5) is 19.1 Å². The van der Waals surface area contributed by atoms with Crippen molar-refractivity contribution >= 4 is 11.9 Å². The molecule has 0 aliphatic carbocycles. The maximum absolute atomic E-state index is 12.5. The Bertz CT molecular complexity index is 509. The highest BCUT2D eigenvalue weighted by Gasteiger charge is 2.33. The van der Waals surface area contributed by atoms with Crippen LogP contribution < -0.4 is 16.4 Å². The number of hydrogen-bond donors (Lipinski definition) is 3. The van der Waals surface area contributed by atoms with Crippen LogP contribution in [0.2, 0.25) is 0 Å². The monoisotopic (exact) mass is 333 g/mol. The van der Waals surface area contributed by atoms with Crippen LogP contribution in [-0.2, 0) is 11.0 Å². The summed E-state index contributed by atoms with van der Waals surface area (Å²) in [6.07, 6.45) is -2.24. The summed E-state index contributed by atoms with van der Waals surface area (Å²) in [4.78, 5) is 19.2. The van der Waals surface area contributed by atoms with E-state index in [1.807, 2.05) is 13.8 Å². The van der Waals surface area contributed by atoms with E-state index >= 15 is 0 Å². The van der Waals surface area contributed by atoms with E-state index in [1.54, 1.807) is 0 Å². The lowest BCUT2D eigenvalue weighted by atomic mass is 9.81. The van der Waals surface area contributed by atoms with Crippen molar-refractivity contribution in [3.63, 3.8) is 0 Å². The lowest BCUT2D eigenvalue weighted by molar-refractivity contribution is -0.141. The summed E-state index contributed by atoms with van der Waals surface area (Å²) in [5.41, 5.74) is 4.06. The van der Waals surface area contributed by atoms with Gasteiger partial charge >= 0.3 is 6.18 Å². The minimum Gasteiger partial charge on any atom is -0.354 e. The normalized spacial score (nSPS) is 12.1. The Labute approximate surface area is 133 Å². The van der Waals surface area contributed by atoms with Gasteiger partial charge in [0, 0.05) is 25.8 Å². The molecule has 1 amide bonds. The fourth-order valence-electron chi connectivity index (χ4n) is 2.09. The largest absolute Gasteiger partial charge is 0.433 e. The van der Waals surface area contributed by atoms with Crippen LogP contribution in [0.1, 0.15) is 32.4 Å². The number of carbonyl (C=O) groups excluding carboxylic acids is 1. The standard InChI is InChI=1S/C14H22F3N5O/c1-3-13(4-2,9-18)11(23)19-7-8-21-12-20-6-5-10(22-12)14(15,16)17/h5-6H,3-4,7-9,18H2,1-2H3,(H,19,23)(H,20,21,22). The van der Waals surface area contributed by atoms with Crippen LogP contribution in [-0.4, -0.2) is 35.5 Å². The molecule has 0 aliphatic rings. The molecule has 1 heterocycles. The maximum atomic E-state index is 12.5. The van der Waals surface area contributed by atoms with E-state index in [0.717, 1.165) is 12.3 Å². The summed E-state index contributed by atoms with van der Waals surface area (Å²) in [5.74, 6) is -0.290. The predicted octanol–water partition coefficient (Wildman–Crippen LogP) is 1.79. The van der Waals surface area contributed by atoms with Crippen LogP contribution in [0.5, 0.6) is 0 Å². The van der Waals surface area contributed by atoms with Crippen LogP contribution >= 0.6 is 0 Å². The summed E-state index contributed by atoms with van der Waals surface area (Å²) in [6, 6.07) is 0.797. The Hall–Kier alpha value is -1.90. The van der Waals surface area contributed by atoms with Gasteiger partial charge in [-0.15, -0.1) is 0 Å². The number of amides is 1. The Kier molecular flexibility index (Phi) is 6.74. The first kappa shape index (κ1) is 19.1. The summed E-state index contributed by atoms with van der Waals surface area (Å²) in [5, 5.41) is 5.38. The molecule has 0 bridgehead atoms. The molecule has 0 fully saturated rings. The third-order valence-electron chi connectivity index (χ3n) is 3.87. The first-order valence-electron chi connectivity index (χ1n) is 7.41. The summed E-state index contributed by atoms with van der Waals surface area (Å²) >= 11 is 0. The number of hydrogen-bond acceptors (Lipinski definition) is 5. The quantitative estimate of drug-likeness (QED) is 0.631. The van der Waals surface area contributed by atoms with Crippen molar-refractivity contribution in [1.29, 1.82) is 0 Å². The predicted molar refractivity (Wildman–Crippen MR) is 80.6 cm³/mol. The number of anilines is 1. The zero-order valence-corrected chi connectivity index (χ0v) is 13.2. The van der Waals surface area contributed by atoms with E-state index in [9.17, 15) is 18.0 Å². The first-order valence-corrected chi connectivity index (χ1v) is 7.41. The van der Waals surface area contributed by atoms with Gasteiger partial charge in [0.1, 0.15) is 5.69 Å². The Morgan fingerprint density at radius 3 is 2.43 bits per heavy atom. The van der Waals surface area contributed by atoms with Gasteiger partial charge in [-0.1, -0.05) is 13.8 Å². The van der Waals surface area contributed by atoms with E-state index < -0.39 is 17.3 Å². The van der Waals surface area contributed by atoms with E-state index in [0.29, 0.717) is 12.8 Å². The molecule has 9 heteroatoms. The fraction of sp³-hybridized carbons (Fsp3) is 0.643. The van der Waals surface area contributed by atoms with Crippen molar-refractivity contribution < 1.29 is 18.0 Å². The zero-order valence-electron chi connectivity index (χ0n) is 13.2. The van der Waals surface area contributed by atoms with Gasteiger partial charge in [0.2, 0.25) is 11.9 Å². The number of nitrogens with one attached hydrogen (secondary N) is 2. The molecule has 1 rings (SSSR count). The summed E-state index contributed by atoms with van der Waals surface area (Å²) < 4.78 is 37.6. The molecule has 0 unspecified atom stereocenters. The minimum atomic E-state index is -4.52. The molecule has 130 valence electrons. The van der Waals surface area contributed by atoms with E-state index in [4.69, 9.17) is 5.73 Å². The molecule has 23 heavy (non-hydrogen) atoms. The van der Waals surface area contributed by atoms with Crippen LogP contribution in [0.15, 0.2) is 12.3 Å². The van der Waals surface area contributed by atoms with Gasteiger partial charge in [-0.2, -0.15) is 13.2 Å². The second kappa shape index (κ2) is 8.09. The molecule has 0 saturated carbocycles. The molecule has 0 radical (unpaired) electrons. The molecule has 0 spiro atoms. The van der Waals surface area contributed by atoms with Gasteiger partial charge in [-0.3, -0.25) is 4.79 Å². The molecule has 6 nitrogen and oxygen atoms in total. The summed E-state index contributed by atoms with van der Waals surface area (Å²) in [7, 11) is 0. The average molecular weight is 333 g/mol. The SMILES string of the molecule is CCC(CC)(CN)C(=O)NCCNc1nccc(C(F)(F)F)n1. The van der Waals surface area contributed by atoms with Crippen molar-refractivity contribution in [2.75, 3.05) is 25.0 Å². The fourth-order valence-corrected chi connectivity index (χ4v) is 2.09. The van der Waals surface area contributed by atoms with Gasteiger partial charge in [0.25, 0.3) is 0 Å². The third-order valence-corrected chi connectivity index (χ3v) is 3.87. The molecular weight excluding hydrogens is 311 g/mol. The molecule has 0 aliphatic heterocycles. The lowest BCUT2D eigenvalue weighted by Gasteiger charge is -2.28. The minimum absolute atomic E-state index is 0.134. The topological polar surface area (TPSA) is 92.9 Å². The van der Waals surface area contributed by atoms with E-state index in [-0.39, 0.29) is 31.5 Å².